The third-order valence-corrected chi connectivity index (χ3v) is 4.25. The summed E-state index contributed by atoms with van der Waals surface area (Å²) in [7, 11) is 0. The van der Waals surface area contributed by atoms with Crippen molar-refractivity contribution in [3.05, 3.63) is 0 Å². The number of carbonyl (C=O) groups excluding carboxylic acids is 1. The van der Waals surface area contributed by atoms with Crippen molar-refractivity contribution in [1.82, 2.24) is 4.90 Å². The number of piperidine rings is 1. The van der Waals surface area contributed by atoms with E-state index in [9.17, 15) is 4.79 Å². The van der Waals surface area contributed by atoms with Crippen LogP contribution in [0.15, 0.2) is 0 Å². The van der Waals surface area contributed by atoms with E-state index >= 15 is 0 Å². The first-order valence-electron chi connectivity index (χ1n) is 6.52. The second-order valence-electron chi connectivity index (χ2n) is 6.26. The molecule has 0 aromatic rings. The lowest BCUT2D eigenvalue weighted by Crippen LogP contribution is -2.43. The summed E-state index contributed by atoms with van der Waals surface area (Å²) in [6.07, 6.45) is 5.20. The SMILES string of the molecule is CC1(C)CCN(C(=O)C2CCC(N)C2)CC1. The van der Waals surface area contributed by atoms with Crippen molar-refractivity contribution < 1.29 is 4.79 Å². The molecule has 1 aliphatic heterocycles. The van der Waals surface area contributed by atoms with Crippen LogP contribution in [0.4, 0.5) is 0 Å². The van der Waals surface area contributed by atoms with E-state index < -0.39 is 0 Å². The maximum atomic E-state index is 12.2. The Hall–Kier alpha value is -0.570. The van der Waals surface area contributed by atoms with Gasteiger partial charge in [0.1, 0.15) is 0 Å². The molecule has 2 rings (SSSR count). The molecule has 0 radical (unpaired) electrons. The molecule has 1 amide bonds. The van der Waals surface area contributed by atoms with Gasteiger partial charge < -0.3 is 10.6 Å². The highest BCUT2D eigenvalue weighted by Crippen LogP contribution is 2.32. The number of likely N-dealkylation sites (tertiary alicyclic amines) is 1. The van der Waals surface area contributed by atoms with E-state index in [-0.39, 0.29) is 12.0 Å². The zero-order valence-corrected chi connectivity index (χ0v) is 10.5. The van der Waals surface area contributed by atoms with Crippen LogP contribution in [0.3, 0.4) is 0 Å². The molecule has 2 aliphatic rings. The van der Waals surface area contributed by atoms with E-state index in [0.717, 1.165) is 45.2 Å². The Balaban J connectivity index is 1.87. The maximum absolute atomic E-state index is 12.2. The van der Waals surface area contributed by atoms with Gasteiger partial charge in [0.25, 0.3) is 0 Å². The first kappa shape index (κ1) is 11.9. The summed E-state index contributed by atoms with van der Waals surface area (Å²) >= 11 is 0. The fraction of sp³-hybridized carbons (Fsp3) is 0.923. The molecule has 1 saturated heterocycles. The standard InChI is InChI=1S/C13H24N2O/c1-13(2)5-7-15(8-6-13)12(16)10-3-4-11(14)9-10/h10-11H,3-9,14H2,1-2H3. The van der Waals surface area contributed by atoms with Crippen molar-refractivity contribution in [2.75, 3.05) is 13.1 Å². The Bertz CT molecular complexity index is 265. The lowest BCUT2D eigenvalue weighted by atomic mass is 9.82. The molecule has 0 spiro atoms. The molecule has 16 heavy (non-hydrogen) atoms. The van der Waals surface area contributed by atoms with Crippen LogP contribution >= 0.6 is 0 Å². The lowest BCUT2D eigenvalue weighted by Gasteiger charge is -2.38. The Morgan fingerprint density at radius 2 is 1.88 bits per heavy atom. The topological polar surface area (TPSA) is 46.3 Å². The summed E-state index contributed by atoms with van der Waals surface area (Å²) in [5, 5.41) is 0. The summed E-state index contributed by atoms with van der Waals surface area (Å²) in [4.78, 5) is 14.3. The summed E-state index contributed by atoms with van der Waals surface area (Å²) in [6.45, 7) is 6.47. The molecule has 3 heteroatoms. The minimum atomic E-state index is 0.219. The van der Waals surface area contributed by atoms with Gasteiger partial charge in [0, 0.05) is 25.0 Å². The molecule has 2 N–H and O–H groups in total. The van der Waals surface area contributed by atoms with Crippen molar-refractivity contribution >= 4 is 5.91 Å². The van der Waals surface area contributed by atoms with Crippen LogP contribution < -0.4 is 5.73 Å². The number of hydrogen-bond acceptors (Lipinski definition) is 2. The molecule has 92 valence electrons. The number of rotatable bonds is 1. The van der Waals surface area contributed by atoms with E-state index in [2.05, 4.69) is 18.7 Å². The van der Waals surface area contributed by atoms with E-state index in [0.29, 0.717) is 11.3 Å². The van der Waals surface area contributed by atoms with Gasteiger partial charge in [-0.1, -0.05) is 13.8 Å². The predicted octanol–water partition coefficient (Wildman–Crippen LogP) is 1.76. The molecule has 2 atom stereocenters. The fourth-order valence-corrected chi connectivity index (χ4v) is 2.83. The van der Waals surface area contributed by atoms with Crippen LogP contribution in [0.25, 0.3) is 0 Å². The van der Waals surface area contributed by atoms with Crippen LogP contribution in [0.5, 0.6) is 0 Å². The second kappa shape index (κ2) is 4.36. The van der Waals surface area contributed by atoms with Gasteiger partial charge in [-0.3, -0.25) is 4.79 Å². The maximum Gasteiger partial charge on any atom is 0.225 e. The third-order valence-electron chi connectivity index (χ3n) is 4.25. The first-order valence-corrected chi connectivity index (χ1v) is 6.52. The third kappa shape index (κ3) is 2.57. The Labute approximate surface area is 98.4 Å². The molecular formula is C13H24N2O. The van der Waals surface area contributed by atoms with Crippen molar-refractivity contribution in [3.8, 4) is 0 Å². The average molecular weight is 224 g/mol. The minimum absolute atomic E-state index is 0.219. The van der Waals surface area contributed by atoms with E-state index in [1.54, 1.807) is 0 Å². The lowest BCUT2D eigenvalue weighted by molar-refractivity contribution is -0.137. The summed E-state index contributed by atoms with van der Waals surface area (Å²) in [5.74, 6) is 0.583. The second-order valence-corrected chi connectivity index (χ2v) is 6.26. The molecule has 0 aromatic carbocycles. The Morgan fingerprint density at radius 1 is 1.25 bits per heavy atom. The van der Waals surface area contributed by atoms with Gasteiger partial charge in [-0.25, -0.2) is 0 Å². The summed E-state index contributed by atoms with van der Waals surface area (Å²) < 4.78 is 0. The Kier molecular flexibility index (Phi) is 3.24. The van der Waals surface area contributed by atoms with Gasteiger partial charge in [-0.15, -0.1) is 0 Å². The van der Waals surface area contributed by atoms with Crippen LogP contribution in [-0.2, 0) is 4.79 Å². The molecule has 2 fully saturated rings. The molecule has 2 unspecified atom stereocenters. The van der Waals surface area contributed by atoms with Gasteiger partial charge in [-0.05, 0) is 37.5 Å². The van der Waals surface area contributed by atoms with Crippen LogP contribution in [0, 0.1) is 11.3 Å². The van der Waals surface area contributed by atoms with Crippen molar-refractivity contribution in [2.45, 2.75) is 52.0 Å². The normalized spacial score (nSPS) is 34.1. The number of carbonyl (C=O) groups is 1. The van der Waals surface area contributed by atoms with Gasteiger partial charge in [0.05, 0.1) is 0 Å². The molecule has 0 aromatic heterocycles. The Morgan fingerprint density at radius 3 is 2.38 bits per heavy atom. The van der Waals surface area contributed by atoms with Crippen molar-refractivity contribution in [3.63, 3.8) is 0 Å². The molecule has 3 nitrogen and oxygen atoms in total. The number of hydrogen-bond donors (Lipinski definition) is 1. The van der Waals surface area contributed by atoms with Crippen LogP contribution in [0.1, 0.15) is 46.0 Å². The summed E-state index contributed by atoms with van der Waals surface area (Å²) in [5.41, 5.74) is 6.28. The molecule has 0 bridgehead atoms. The monoisotopic (exact) mass is 224 g/mol. The molecule has 1 aliphatic carbocycles. The van der Waals surface area contributed by atoms with Gasteiger partial charge in [0.15, 0.2) is 0 Å². The van der Waals surface area contributed by atoms with Crippen molar-refractivity contribution in [1.29, 1.82) is 0 Å². The molecule has 1 heterocycles. The number of amides is 1. The fourth-order valence-electron chi connectivity index (χ4n) is 2.83. The van der Waals surface area contributed by atoms with E-state index in [1.807, 2.05) is 0 Å². The summed E-state index contributed by atoms with van der Waals surface area (Å²) in [6, 6.07) is 0.259. The predicted molar refractivity (Wildman–Crippen MR) is 64.9 cm³/mol. The first-order chi connectivity index (χ1) is 7.48. The number of nitrogens with two attached hydrogens (primary N) is 1. The van der Waals surface area contributed by atoms with E-state index in [1.165, 1.54) is 0 Å². The zero-order chi connectivity index (χ0) is 11.8. The van der Waals surface area contributed by atoms with Gasteiger partial charge >= 0.3 is 0 Å². The van der Waals surface area contributed by atoms with Gasteiger partial charge in [0.2, 0.25) is 5.91 Å². The largest absolute Gasteiger partial charge is 0.342 e. The van der Waals surface area contributed by atoms with E-state index in [4.69, 9.17) is 5.73 Å². The van der Waals surface area contributed by atoms with Crippen molar-refractivity contribution in [2.24, 2.45) is 17.1 Å². The quantitative estimate of drug-likeness (QED) is 0.737. The molecule has 1 saturated carbocycles. The molecular weight excluding hydrogens is 200 g/mol. The zero-order valence-electron chi connectivity index (χ0n) is 10.5. The van der Waals surface area contributed by atoms with Gasteiger partial charge in [-0.2, -0.15) is 0 Å². The smallest absolute Gasteiger partial charge is 0.225 e. The number of nitrogens with zero attached hydrogens (tertiary/aromatic N) is 1. The minimum Gasteiger partial charge on any atom is -0.342 e. The highest BCUT2D eigenvalue weighted by molar-refractivity contribution is 5.79. The van der Waals surface area contributed by atoms with Crippen LogP contribution in [0.2, 0.25) is 0 Å². The average Bonchev–Trinajstić information content (AvgIpc) is 2.64. The highest BCUT2D eigenvalue weighted by Gasteiger charge is 2.34. The van der Waals surface area contributed by atoms with Crippen LogP contribution in [-0.4, -0.2) is 29.9 Å². The highest BCUT2D eigenvalue weighted by atomic mass is 16.2.